The lowest BCUT2D eigenvalue weighted by molar-refractivity contribution is -0.148. The maximum absolute atomic E-state index is 12.4. The van der Waals surface area contributed by atoms with Crippen LogP contribution < -0.4 is 15.2 Å². The van der Waals surface area contributed by atoms with Crippen LogP contribution in [0, 0.1) is 5.92 Å². The monoisotopic (exact) mass is 539 g/mol. The number of benzene rings is 1. The van der Waals surface area contributed by atoms with E-state index in [1.807, 2.05) is 13.8 Å². The lowest BCUT2D eigenvalue weighted by atomic mass is 9.79. The van der Waals surface area contributed by atoms with Gasteiger partial charge in [0.05, 0.1) is 13.2 Å². The van der Waals surface area contributed by atoms with Crippen LogP contribution in [-0.4, -0.2) is 54.7 Å². The minimum atomic E-state index is -1.38. The lowest BCUT2D eigenvalue weighted by Gasteiger charge is -2.31. The fourth-order valence-electron chi connectivity index (χ4n) is 3.80. The zero-order chi connectivity index (χ0) is 28.7. The highest BCUT2D eigenvalue weighted by molar-refractivity contribution is 5.75. The highest BCUT2D eigenvalue weighted by atomic mass is 16.7. The highest BCUT2D eigenvalue weighted by Crippen LogP contribution is 2.37. The second-order valence-corrected chi connectivity index (χ2v) is 9.08. The van der Waals surface area contributed by atoms with E-state index in [-0.39, 0.29) is 24.7 Å². The number of carbonyl (C=O) groups excluding carboxylic acids is 3. The van der Waals surface area contributed by atoms with Crippen molar-refractivity contribution in [1.29, 1.82) is 0 Å². The minimum absolute atomic E-state index is 0.122. The van der Waals surface area contributed by atoms with E-state index in [1.54, 1.807) is 13.8 Å². The average molecular weight is 540 g/mol. The molecule has 0 amide bonds. The van der Waals surface area contributed by atoms with Gasteiger partial charge in [0.25, 0.3) is 0 Å². The second-order valence-electron chi connectivity index (χ2n) is 9.08. The molecule has 0 spiro atoms. The molecule has 11 nitrogen and oxygen atoms in total. The molecule has 3 unspecified atom stereocenters. The van der Waals surface area contributed by atoms with E-state index in [1.165, 1.54) is 25.1 Å². The Hall–Kier alpha value is -3.34. The summed E-state index contributed by atoms with van der Waals surface area (Å²) in [5, 5.41) is 9.65. The number of carbonyl (C=O) groups is 4. The summed E-state index contributed by atoms with van der Waals surface area (Å²) in [7, 11) is 0. The molecule has 214 valence electrons. The molecular weight excluding hydrogens is 498 g/mol. The summed E-state index contributed by atoms with van der Waals surface area (Å²) in [6.07, 6.45) is 2.30. The average Bonchev–Trinajstić information content (AvgIpc) is 2.85. The Morgan fingerprint density at radius 2 is 1.39 bits per heavy atom. The maximum atomic E-state index is 12.4. The third-order valence-electron chi connectivity index (χ3n) is 6.01. The highest BCUT2D eigenvalue weighted by Gasteiger charge is 2.35. The molecule has 0 aliphatic carbocycles. The van der Waals surface area contributed by atoms with Gasteiger partial charge in [-0.1, -0.05) is 52.5 Å². The number of carboxylic acid groups (broad SMARTS) is 1. The smallest absolute Gasteiger partial charge is 0.480 e. The van der Waals surface area contributed by atoms with E-state index in [0.29, 0.717) is 18.4 Å². The van der Waals surface area contributed by atoms with Crippen LogP contribution in [0.5, 0.6) is 11.5 Å². The third-order valence-corrected chi connectivity index (χ3v) is 6.01. The van der Waals surface area contributed by atoms with Crippen molar-refractivity contribution in [1.82, 2.24) is 0 Å². The van der Waals surface area contributed by atoms with E-state index >= 15 is 0 Å². The molecule has 1 aromatic carbocycles. The fraction of sp³-hybridized carbons (Fsp3) is 0.630. The second kappa shape index (κ2) is 17.2. The molecule has 1 aromatic rings. The Kier molecular flexibility index (Phi) is 14.8. The number of rotatable bonds is 16. The number of hydrogen-bond donors (Lipinski definition) is 2. The van der Waals surface area contributed by atoms with Crippen LogP contribution in [0.25, 0.3) is 0 Å². The van der Waals surface area contributed by atoms with Crippen molar-refractivity contribution in [2.24, 2.45) is 11.7 Å². The van der Waals surface area contributed by atoms with E-state index in [9.17, 15) is 24.3 Å². The number of aliphatic carboxylic acids is 1. The Labute approximate surface area is 223 Å². The van der Waals surface area contributed by atoms with E-state index in [4.69, 9.17) is 29.4 Å². The standard InChI is InChI=1S/C27H41NO10/c1-6-8-10-14-34-26(32)37-21-13-12-20(16-22(21)38-27(33)35-15-11-9-7-2)23(24(28)25(30)31)17(3)18(4)36-19(5)29/h12-13,16-18,23-24H,6-11,14-15,28H2,1-5H3,(H,30,31)/t17?,18?,23?,24-/m0/s1. The Morgan fingerprint density at radius 1 is 0.868 bits per heavy atom. The zero-order valence-electron chi connectivity index (χ0n) is 22.9. The third kappa shape index (κ3) is 11.4. The SMILES string of the molecule is CCCCCOC(=O)Oc1ccc(C(C(C)C(C)OC(C)=O)[C@H](N)C(=O)O)cc1OC(=O)OCCCCC. The molecule has 0 aliphatic rings. The number of nitrogens with two attached hydrogens (primary N) is 1. The number of carboxylic acids is 1. The van der Waals surface area contributed by atoms with E-state index in [2.05, 4.69) is 0 Å². The number of ether oxygens (including phenoxy) is 5. The van der Waals surface area contributed by atoms with E-state index < -0.39 is 48.2 Å². The summed E-state index contributed by atoms with van der Waals surface area (Å²) in [5.74, 6) is -3.51. The Morgan fingerprint density at radius 3 is 1.87 bits per heavy atom. The van der Waals surface area contributed by atoms with Crippen molar-refractivity contribution in [3.8, 4) is 11.5 Å². The summed E-state index contributed by atoms with van der Waals surface area (Å²) in [6.45, 7) is 8.92. The van der Waals surface area contributed by atoms with Gasteiger partial charge in [-0.25, -0.2) is 9.59 Å². The normalized spacial score (nSPS) is 13.9. The fourth-order valence-corrected chi connectivity index (χ4v) is 3.80. The van der Waals surface area contributed by atoms with Crippen LogP contribution in [0.1, 0.15) is 84.6 Å². The van der Waals surface area contributed by atoms with Crippen molar-refractivity contribution in [3.05, 3.63) is 23.8 Å². The summed E-state index contributed by atoms with van der Waals surface area (Å²) >= 11 is 0. The molecule has 0 radical (unpaired) electrons. The van der Waals surface area contributed by atoms with Crippen LogP contribution in [0.3, 0.4) is 0 Å². The molecule has 0 bridgehead atoms. The van der Waals surface area contributed by atoms with Crippen LogP contribution >= 0.6 is 0 Å². The molecule has 4 atom stereocenters. The zero-order valence-corrected chi connectivity index (χ0v) is 22.9. The quantitative estimate of drug-likeness (QED) is 0.123. The van der Waals surface area contributed by atoms with Crippen molar-refractivity contribution in [2.75, 3.05) is 13.2 Å². The van der Waals surface area contributed by atoms with Gasteiger partial charge in [0, 0.05) is 18.8 Å². The molecule has 0 saturated heterocycles. The largest absolute Gasteiger partial charge is 0.513 e. The first-order chi connectivity index (χ1) is 18.0. The van der Waals surface area contributed by atoms with Crippen molar-refractivity contribution in [2.45, 2.75) is 91.2 Å². The van der Waals surface area contributed by atoms with Gasteiger partial charge in [-0.15, -0.1) is 0 Å². The molecule has 0 aliphatic heterocycles. The molecule has 0 aromatic heterocycles. The number of unbranched alkanes of at least 4 members (excludes halogenated alkanes) is 4. The first kappa shape index (κ1) is 32.7. The van der Waals surface area contributed by atoms with Gasteiger partial charge in [0.1, 0.15) is 12.1 Å². The summed E-state index contributed by atoms with van der Waals surface area (Å²) in [5.41, 5.74) is 6.39. The number of esters is 1. The molecule has 0 saturated carbocycles. The van der Waals surface area contributed by atoms with Gasteiger partial charge in [0.2, 0.25) is 0 Å². The predicted molar refractivity (Wildman–Crippen MR) is 138 cm³/mol. The molecule has 3 N–H and O–H groups in total. The molecule has 1 rings (SSSR count). The summed E-state index contributed by atoms with van der Waals surface area (Å²) < 4.78 is 26.0. The first-order valence-corrected chi connectivity index (χ1v) is 13.0. The van der Waals surface area contributed by atoms with Crippen molar-refractivity contribution < 1.29 is 48.0 Å². The molecule has 11 heteroatoms. The van der Waals surface area contributed by atoms with Gasteiger partial charge in [-0.05, 0) is 37.5 Å². The number of hydrogen-bond acceptors (Lipinski definition) is 10. The van der Waals surface area contributed by atoms with Crippen LogP contribution in [0.2, 0.25) is 0 Å². The lowest BCUT2D eigenvalue weighted by Crippen LogP contribution is -2.42. The van der Waals surface area contributed by atoms with Gasteiger partial charge in [-0.3, -0.25) is 9.59 Å². The summed E-state index contributed by atoms with van der Waals surface area (Å²) in [6, 6.07) is 2.83. The maximum Gasteiger partial charge on any atom is 0.513 e. The van der Waals surface area contributed by atoms with Crippen LogP contribution in [0.4, 0.5) is 9.59 Å². The topological polar surface area (TPSA) is 161 Å². The minimum Gasteiger partial charge on any atom is -0.480 e. The Bertz CT molecular complexity index is 919. The van der Waals surface area contributed by atoms with Gasteiger partial charge >= 0.3 is 24.2 Å². The van der Waals surface area contributed by atoms with Crippen molar-refractivity contribution in [3.63, 3.8) is 0 Å². The summed E-state index contributed by atoms with van der Waals surface area (Å²) in [4.78, 5) is 47.9. The molecule has 0 fully saturated rings. The van der Waals surface area contributed by atoms with Gasteiger partial charge in [0.15, 0.2) is 11.5 Å². The van der Waals surface area contributed by atoms with Gasteiger partial charge < -0.3 is 34.5 Å². The molecular formula is C27H41NO10. The van der Waals surface area contributed by atoms with E-state index in [0.717, 1.165) is 25.7 Å². The van der Waals surface area contributed by atoms with Crippen molar-refractivity contribution >= 4 is 24.2 Å². The molecule has 0 heterocycles. The van der Waals surface area contributed by atoms with Crippen LogP contribution in [-0.2, 0) is 23.8 Å². The Balaban J connectivity index is 3.30. The molecule has 38 heavy (non-hydrogen) atoms. The van der Waals surface area contributed by atoms with Gasteiger partial charge in [-0.2, -0.15) is 0 Å². The first-order valence-electron chi connectivity index (χ1n) is 13.0. The van der Waals surface area contributed by atoms with Crippen LogP contribution in [0.15, 0.2) is 18.2 Å². The predicted octanol–water partition coefficient (Wildman–Crippen LogP) is 5.18.